The molecule has 1 heterocycles. The molecular formula is C15H30N2. The van der Waals surface area contributed by atoms with Gasteiger partial charge in [-0.1, -0.05) is 26.2 Å². The number of likely N-dealkylation sites (tertiary alicyclic amines) is 1. The van der Waals surface area contributed by atoms with E-state index in [1.165, 1.54) is 51.5 Å². The third-order valence-corrected chi connectivity index (χ3v) is 5.02. The van der Waals surface area contributed by atoms with Gasteiger partial charge < -0.3 is 10.2 Å². The molecule has 0 aromatic heterocycles. The van der Waals surface area contributed by atoms with Gasteiger partial charge in [0.2, 0.25) is 0 Å². The first kappa shape index (κ1) is 13.4. The van der Waals surface area contributed by atoms with Gasteiger partial charge in [-0.3, -0.25) is 0 Å². The second-order valence-corrected chi connectivity index (χ2v) is 6.44. The molecular weight excluding hydrogens is 208 g/mol. The van der Waals surface area contributed by atoms with Crippen LogP contribution in [-0.4, -0.2) is 36.6 Å². The normalized spacial score (nSPS) is 41.1. The lowest BCUT2D eigenvalue weighted by atomic mass is 9.92. The fourth-order valence-corrected chi connectivity index (χ4v) is 3.48. The molecule has 0 spiro atoms. The first-order chi connectivity index (χ1) is 8.16. The predicted molar refractivity (Wildman–Crippen MR) is 74.3 cm³/mol. The van der Waals surface area contributed by atoms with Crippen molar-refractivity contribution >= 4 is 0 Å². The quantitative estimate of drug-likeness (QED) is 0.744. The SMILES string of the molecule is CC1CCCCCC1NC1CCN(C)C(C)C1. The number of hydrogen-bond acceptors (Lipinski definition) is 2. The Hall–Kier alpha value is -0.0800. The maximum Gasteiger partial charge on any atom is 0.00967 e. The summed E-state index contributed by atoms with van der Waals surface area (Å²) in [5.74, 6) is 0.882. The van der Waals surface area contributed by atoms with Crippen LogP contribution in [0.25, 0.3) is 0 Å². The first-order valence-corrected chi connectivity index (χ1v) is 7.63. The summed E-state index contributed by atoms with van der Waals surface area (Å²) in [6.07, 6.45) is 9.84. The van der Waals surface area contributed by atoms with Crippen LogP contribution in [0.4, 0.5) is 0 Å². The third-order valence-electron chi connectivity index (χ3n) is 5.02. The number of hydrogen-bond donors (Lipinski definition) is 1. The fraction of sp³-hybridized carbons (Fsp3) is 1.00. The molecule has 2 fully saturated rings. The average Bonchev–Trinajstić information content (AvgIpc) is 2.50. The van der Waals surface area contributed by atoms with Crippen molar-refractivity contribution < 1.29 is 0 Å². The number of nitrogens with zero attached hydrogens (tertiary/aromatic N) is 1. The van der Waals surface area contributed by atoms with Gasteiger partial charge in [0, 0.05) is 18.1 Å². The molecule has 100 valence electrons. The molecule has 4 unspecified atom stereocenters. The Balaban J connectivity index is 1.83. The molecule has 2 aliphatic rings. The summed E-state index contributed by atoms with van der Waals surface area (Å²) < 4.78 is 0. The summed E-state index contributed by atoms with van der Waals surface area (Å²) in [5, 5.41) is 3.97. The highest BCUT2D eigenvalue weighted by atomic mass is 15.1. The van der Waals surface area contributed by atoms with E-state index in [4.69, 9.17) is 0 Å². The molecule has 2 heteroatoms. The monoisotopic (exact) mass is 238 g/mol. The van der Waals surface area contributed by atoms with Crippen molar-refractivity contribution in [3.8, 4) is 0 Å². The summed E-state index contributed by atoms with van der Waals surface area (Å²) in [5.41, 5.74) is 0. The van der Waals surface area contributed by atoms with Crippen molar-refractivity contribution in [1.82, 2.24) is 10.2 Å². The maximum absolute atomic E-state index is 3.97. The molecule has 17 heavy (non-hydrogen) atoms. The fourth-order valence-electron chi connectivity index (χ4n) is 3.48. The second kappa shape index (κ2) is 6.19. The Morgan fingerprint density at radius 3 is 2.53 bits per heavy atom. The molecule has 0 radical (unpaired) electrons. The Morgan fingerprint density at radius 2 is 1.76 bits per heavy atom. The number of piperidine rings is 1. The second-order valence-electron chi connectivity index (χ2n) is 6.44. The zero-order chi connectivity index (χ0) is 12.3. The van der Waals surface area contributed by atoms with E-state index in [1.54, 1.807) is 0 Å². The Labute approximate surface area is 107 Å². The molecule has 0 bridgehead atoms. The van der Waals surface area contributed by atoms with Crippen LogP contribution in [0.1, 0.15) is 58.8 Å². The highest BCUT2D eigenvalue weighted by Crippen LogP contribution is 2.25. The lowest BCUT2D eigenvalue weighted by Crippen LogP contribution is -2.49. The maximum atomic E-state index is 3.97. The third kappa shape index (κ3) is 3.69. The van der Waals surface area contributed by atoms with Gasteiger partial charge in [-0.15, -0.1) is 0 Å². The van der Waals surface area contributed by atoms with Gasteiger partial charge in [0.05, 0.1) is 0 Å². The van der Waals surface area contributed by atoms with E-state index < -0.39 is 0 Å². The zero-order valence-electron chi connectivity index (χ0n) is 11.9. The van der Waals surface area contributed by atoms with E-state index in [-0.39, 0.29) is 0 Å². The van der Waals surface area contributed by atoms with Crippen molar-refractivity contribution in [1.29, 1.82) is 0 Å². The molecule has 2 nitrogen and oxygen atoms in total. The number of rotatable bonds is 2. The lowest BCUT2D eigenvalue weighted by Gasteiger charge is -2.38. The van der Waals surface area contributed by atoms with Gasteiger partial charge in [0.1, 0.15) is 0 Å². The molecule has 1 saturated carbocycles. The highest BCUT2D eigenvalue weighted by Gasteiger charge is 2.27. The Morgan fingerprint density at radius 1 is 1.00 bits per heavy atom. The van der Waals surface area contributed by atoms with Crippen LogP contribution in [0.3, 0.4) is 0 Å². The predicted octanol–water partition coefficient (Wildman–Crippen LogP) is 3.03. The van der Waals surface area contributed by atoms with Gasteiger partial charge in [-0.25, -0.2) is 0 Å². The minimum absolute atomic E-state index is 0.752. The van der Waals surface area contributed by atoms with Crippen molar-refractivity contribution in [2.24, 2.45) is 5.92 Å². The average molecular weight is 238 g/mol. The van der Waals surface area contributed by atoms with E-state index in [2.05, 4.69) is 31.1 Å². The van der Waals surface area contributed by atoms with Gasteiger partial charge in [-0.2, -0.15) is 0 Å². The molecule has 0 aromatic carbocycles. The lowest BCUT2D eigenvalue weighted by molar-refractivity contribution is 0.154. The summed E-state index contributed by atoms with van der Waals surface area (Å²) in [4.78, 5) is 2.49. The van der Waals surface area contributed by atoms with Crippen LogP contribution in [-0.2, 0) is 0 Å². The number of nitrogens with one attached hydrogen (secondary N) is 1. The van der Waals surface area contributed by atoms with Crippen LogP contribution in [0.15, 0.2) is 0 Å². The van der Waals surface area contributed by atoms with Crippen LogP contribution in [0.5, 0.6) is 0 Å². The highest BCUT2D eigenvalue weighted by molar-refractivity contribution is 4.86. The van der Waals surface area contributed by atoms with Crippen molar-refractivity contribution in [2.75, 3.05) is 13.6 Å². The van der Waals surface area contributed by atoms with Gasteiger partial charge >= 0.3 is 0 Å². The molecule has 1 aliphatic carbocycles. The van der Waals surface area contributed by atoms with E-state index in [1.807, 2.05) is 0 Å². The Kier molecular flexibility index (Phi) is 4.87. The molecule has 0 aromatic rings. The molecule has 4 atom stereocenters. The summed E-state index contributed by atoms with van der Waals surface area (Å²) >= 11 is 0. The van der Waals surface area contributed by atoms with Gasteiger partial charge in [-0.05, 0) is 52.1 Å². The van der Waals surface area contributed by atoms with E-state index in [0.717, 1.165) is 24.0 Å². The minimum Gasteiger partial charge on any atom is -0.311 e. The smallest absolute Gasteiger partial charge is 0.00967 e. The van der Waals surface area contributed by atoms with Crippen LogP contribution >= 0.6 is 0 Å². The summed E-state index contributed by atoms with van der Waals surface area (Å²) in [6.45, 7) is 6.08. The molecule has 2 rings (SSSR count). The standard InChI is InChI=1S/C15H30N2/c1-12-7-5-4-6-8-15(12)16-14-9-10-17(3)13(2)11-14/h12-16H,4-11H2,1-3H3. The topological polar surface area (TPSA) is 15.3 Å². The first-order valence-electron chi connectivity index (χ1n) is 7.63. The molecule has 1 saturated heterocycles. The van der Waals surface area contributed by atoms with Crippen molar-refractivity contribution in [2.45, 2.75) is 76.9 Å². The summed E-state index contributed by atoms with van der Waals surface area (Å²) in [7, 11) is 2.26. The molecule has 1 N–H and O–H groups in total. The zero-order valence-corrected chi connectivity index (χ0v) is 11.9. The van der Waals surface area contributed by atoms with Crippen LogP contribution in [0.2, 0.25) is 0 Å². The van der Waals surface area contributed by atoms with Crippen molar-refractivity contribution in [3.05, 3.63) is 0 Å². The minimum atomic E-state index is 0.752. The van der Waals surface area contributed by atoms with E-state index >= 15 is 0 Å². The van der Waals surface area contributed by atoms with Gasteiger partial charge in [0.25, 0.3) is 0 Å². The van der Waals surface area contributed by atoms with Crippen LogP contribution < -0.4 is 5.32 Å². The van der Waals surface area contributed by atoms with Gasteiger partial charge in [0.15, 0.2) is 0 Å². The molecule has 1 aliphatic heterocycles. The summed E-state index contributed by atoms with van der Waals surface area (Å²) in [6, 6.07) is 2.31. The molecule has 0 amide bonds. The Bertz CT molecular complexity index is 229. The van der Waals surface area contributed by atoms with Crippen molar-refractivity contribution in [3.63, 3.8) is 0 Å². The largest absolute Gasteiger partial charge is 0.311 e. The van der Waals surface area contributed by atoms with E-state index in [0.29, 0.717) is 0 Å². The van der Waals surface area contributed by atoms with E-state index in [9.17, 15) is 0 Å². The van der Waals surface area contributed by atoms with Crippen LogP contribution in [0, 0.1) is 5.92 Å².